The SMILES string of the molecule is CC1(C)CC(OC(=O)CC[NH+]2CCCCC2)CC(C)(C)[NH2+]1. The summed E-state index contributed by atoms with van der Waals surface area (Å²) in [6, 6.07) is 0. The molecule has 0 radical (unpaired) electrons. The van der Waals surface area contributed by atoms with E-state index in [0.717, 1.165) is 19.4 Å². The van der Waals surface area contributed by atoms with Crippen molar-refractivity contribution in [3.05, 3.63) is 0 Å². The summed E-state index contributed by atoms with van der Waals surface area (Å²) in [6.45, 7) is 12.4. The Hall–Kier alpha value is -0.610. The van der Waals surface area contributed by atoms with Crippen LogP contribution in [0, 0.1) is 0 Å². The Bertz CT molecular complexity index is 344. The first-order chi connectivity index (χ1) is 9.76. The van der Waals surface area contributed by atoms with Gasteiger partial charge in [-0.15, -0.1) is 0 Å². The van der Waals surface area contributed by atoms with E-state index in [0.29, 0.717) is 6.42 Å². The van der Waals surface area contributed by atoms with Gasteiger partial charge in [-0.3, -0.25) is 4.79 Å². The Morgan fingerprint density at radius 2 is 1.67 bits per heavy atom. The molecule has 0 aromatic rings. The zero-order chi connectivity index (χ0) is 15.5. The van der Waals surface area contributed by atoms with Crippen LogP contribution < -0.4 is 10.2 Å². The van der Waals surface area contributed by atoms with Gasteiger partial charge in [0.05, 0.1) is 37.1 Å². The Morgan fingerprint density at radius 3 is 2.24 bits per heavy atom. The van der Waals surface area contributed by atoms with Crippen molar-refractivity contribution in [2.75, 3.05) is 19.6 Å². The summed E-state index contributed by atoms with van der Waals surface area (Å²) in [5, 5.41) is 2.42. The molecular weight excluding hydrogens is 264 g/mol. The first kappa shape index (κ1) is 16.8. The molecule has 0 bridgehead atoms. The van der Waals surface area contributed by atoms with Crippen LogP contribution in [0.25, 0.3) is 0 Å². The monoisotopic (exact) mass is 298 g/mol. The van der Waals surface area contributed by atoms with Gasteiger partial charge in [-0.1, -0.05) is 0 Å². The summed E-state index contributed by atoms with van der Waals surface area (Å²) in [7, 11) is 0. The van der Waals surface area contributed by atoms with Crippen molar-refractivity contribution in [1.29, 1.82) is 0 Å². The molecule has 2 fully saturated rings. The molecule has 2 aliphatic rings. The molecule has 4 heteroatoms. The fraction of sp³-hybridized carbons (Fsp3) is 0.941. The number of likely N-dealkylation sites (tertiary alicyclic amines) is 1. The van der Waals surface area contributed by atoms with E-state index in [1.807, 2.05) is 0 Å². The number of nitrogens with one attached hydrogen (secondary N) is 1. The van der Waals surface area contributed by atoms with Gasteiger partial charge in [0.1, 0.15) is 6.10 Å². The van der Waals surface area contributed by atoms with Crippen LogP contribution in [0.3, 0.4) is 0 Å². The van der Waals surface area contributed by atoms with Crippen LogP contribution in [0.15, 0.2) is 0 Å². The summed E-state index contributed by atoms with van der Waals surface area (Å²) in [6.07, 6.45) is 6.56. The van der Waals surface area contributed by atoms with Gasteiger partial charge < -0.3 is 15.0 Å². The van der Waals surface area contributed by atoms with E-state index in [-0.39, 0.29) is 23.2 Å². The minimum atomic E-state index is 0.00609. The van der Waals surface area contributed by atoms with Crippen LogP contribution in [0.4, 0.5) is 0 Å². The molecule has 0 atom stereocenters. The third-order valence-corrected chi connectivity index (χ3v) is 4.83. The molecule has 4 nitrogen and oxygen atoms in total. The smallest absolute Gasteiger partial charge is 0.311 e. The lowest BCUT2D eigenvalue weighted by Crippen LogP contribution is -3.12. The van der Waals surface area contributed by atoms with Crippen LogP contribution in [0.2, 0.25) is 0 Å². The van der Waals surface area contributed by atoms with E-state index < -0.39 is 0 Å². The summed E-state index contributed by atoms with van der Waals surface area (Å²) < 4.78 is 5.78. The van der Waals surface area contributed by atoms with Gasteiger partial charge in [-0.25, -0.2) is 0 Å². The molecule has 0 aromatic heterocycles. The molecule has 0 aromatic carbocycles. The largest absolute Gasteiger partial charge is 0.462 e. The first-order valence-electron chi connectivity index (χ1n) is 8.66. The average molecular weight is 298 g/mol. The lowest BCUT2D eigenvalue weighted by atomic mass is 9.81. The highest BCUT2D eigenvalue weighted by Gasteiger charge is 2.43. The first-order valence-corrected chi connectivity index (χ1v) is 8.66. The Kier molecular flexibility index (Phi) is 5.31. The van der Waals surface area contributed by atoms with Crippen molar-refractivity contribution in [2.24, 2.45) is 0 Å². The molecule has 0 saturated carbocycles. The number of piperidine rings is 2. The van der Waals surface area contributed by atoms with Gasteiger partial charge in [-0.2, -0.15) is 0 Å². The second-order valence-electron chi connectivity index (χ2n) is 8.45. The highest BCUT2D eigenvalue weighted by molar-refractivity contribution is 5.69. The second kappa shape index (κ2) is 6.66. The standard InChI is InChI=1S/C17H32N2O2/c1-16(2)12-14(13-17(3,4)18-16)21-15(20)8-11-19-9-6-5-7-10-19/h14,18H,5-13H2,1-4H3/p+2. The summed E-state index contributed by atoms with van der Waals surface area (Å²) in [5.41, 5.74) is 0.315. The van der Waals surface area contributed by atoms with Crippen molar-refractivity contribution in [3.63, 3.8) is 0 Å². The van der Waals surface area contributed by atoms with E-state index in [4.69, 9.17) is 4.74 Å². The zero-order valence-electron chi connectivity index (χ0n) is 14.3. The Balaban J connectivity index is 1.76. The molecule has 3 N–H and O–H groups in total. The van der Waals surface area contributed by atoms with E-state index in [1.165, 1.54) is 32.4 Å². The summed E-state index contributed by atoms with van der Waals surface area (Å²) >= 11 is 0. The highest BCUT2D eigenvalue weighted by Crippen LogP contribution is 2.24. The molecule has 0 unspecified atom stereocenters. The highest BCUT2D eigenvalue weighted by atomic mass is 16.5. The normalized spacial score (nSPS) is 26.5. The van der Waals surface area contributed by atoms with Crippen LogP contribution in [0.5, 0.6) is 0 Å². The number of carbonyl (C=O) groups excluding carboxylic acids is 1. The molecular formula is C17H34N2O2+2. The third kappa shape index (κ3) is 5.59. The number of ether oxygens (including phenoxy) is 1. The molecule has 0 spiro atoms. The van der Waals surface area contributed by atoms with Gasteiger partial charge in [0.15, 0.2) is 0 Å². The molecule has 2 saturated heterocycles. The fourth-order valence-electron chi connectivity index (χ4n) is 4.33. The number of carbonyl (C=O) groups is 1. The van der Waals surface area contributed by atoms with Crippen LogP contribution in [-0.4, -0.2) is 42.8 Å². The van der Waals surface area contributed by atoms with Crippen LogP contribution >= 0.6 is 0 Å². The van der Waals surface area contributed by atoms with Gasteiger partial charge in [0.25, 0.3) is 0 Å². The minimum absolute atomic E-state index is 0.00609. The topological polar surface area (TPSA) is 47.4 Å². The fourth-order valence-corrected chi connectivity index (χ4v) is 4.33. The number of nitrogens with two attached hydrogens (primary N) is 1. The number of esters is 1. The van der Waals surface area contributed by atoms with Gasteiger partial charge >= 0.3 is 5.97 Å². The average Bonchev–Trinajstić information content (AvgIpc) is 2.33. The Labute approximate surface area is 129 Å². The molecule has 122 valence electrons. The molecule has 2 rings (SSSR count). The quantitative estimate of drug-likeness (QED) is 0.732. The predicted octanol–water partition coefficient (Wildman–Crippen LogP) is 0.272. The molecule has 0 amide bonds. The predicted molar refractivity (Wildman–Crippen MR) is 83.2 cm³/mol. The summed E-state index contributed by atoms with van der Waals surface area (Å²) in [4.78, 5) is 13.7. The molecule has 2 heterocycles. The minimum Gasteiger partial charge on any atom is -0.462 e. The maximum absolute atomic E-state index is 12.1. The molecule has 0 aliphatic carbocycles. The van der Waals surface area contributed by atoms with Crippen LogP contribution in [-0.2, 0) is 9.53 Å². The number of hydrogen-bond donors (Lipinski definition) is 2. The van der Waals surface area contributed by atoms with Crippen molar-refractivity contribution in [1.82, 2.24) is 0 Å². The maximum atomic E-state index is 12.1. The lowest BCUT2D eigenvalue weighted by Gasteiger charge is -2.42. The number of hydrogen-bond acceptors (Lipinski definition) is 2. The van der Waals surface area contributed by atoms with Crippen molar-refractivity contribution >= 4 is 5.97 Å². The van der Waals surface area contributed by atoms with Crippen molar-refractivity contribution in [2.45, 2.75) is 83.4 Å². The number of quaternary nitrogens is 2. The van der Waals surface area contributed by atoms with E-state index >= 15 is 0 Å². The van der Waals surface area contributed by atoms with Crippen molar-refractivity contribution < 1.29 is 19.7 Å². The van der Waals surface area contributed by atoms with E-state index in [2.05, 4.69) is 33.0 Å². The van der Waals surface area contributed by atoms with Gasteiger partial charge in [0.2, 0.25) is 0 Å². The molecule has 2 aliphatic heterocycles. The second-order valence-corrected chi connectivity index (χ2v) is 8.45. The zero-order valence-corrected chi connectivity index (χ0v) is 14.3. The Morgan fingerprint density at radius 1 is 1.10 bits per heavy atom. The van der Waals surface area contributed by atoms with Crippen LogP contribution in [0.1, 0.15) is 66.2 Å². The molecule has 21 heavy (non-hydrogen) atoms. The van der Waals surface area contributed by atoms with E-state index in [1.54, 1.807) is 4.90 Å². The number of rotatable bonds is 4. The lowest BCUT2D eigenvalue weighted by molar-refractivity contribution is -0.904. The van der Waals surface area contributed by atoms with E-state index in [9.17, 15) is 4.79 Å². The summed E-state index contributed by atoms with van der Waals surface area (Å²) in [5.74, 6) is 0.00609. The van der Waals surface area contributed by atoms with Gasteiger partial charge in [-0.05, 0) is 47.0 Å². The van der Waals surface area contributed by atoms with Gasteiger partial charge in [0, 0.05) is 12.8 Å². The third-order valence-electron chi connectivity index (χ3n) is 4.83. The van der Waals surface area contributed by atoms with Crippen molar-refractivity contribution in [3.8, 4) is 0 Å². The maximum Gasteiger partial charge on any atom is 0.311 e.